The fourth-order valence-electron chi connectivity index (χ4n) is 7.54. The lowest BCUT2D eigenvalue weighted by atomic mass is 10.0. The summed E-state index contributed by atoms with van der Waals surface area (Å²) in [5.41, 5.74) is 0. The molecule has 0 saturated carbocycles. The van der Waals surface area contributed by atoms with Crippen molar-refractivity contribution in [1.82, 2.24) is 0 Å². The molecule has 1 atom stereocenters. The lowest BCUT2D eigenvalue weighted by molar-refractivity contribution is -0.166. The van der Waals surface area contributed by atoms with Gasteiger partial charge in [0.25, 0.3) is 0 Å². The summed E-state index contributed by atoms with van der Waals surface area (Å²) >= 11 is 0. The van der Waals surface area contributed by atoms with Crippen molar-refractivity contribution in [2.24, 2.45) is 0 Å². The lowest BCUT2D eigenvalue weighted by Crippen LogP contribution is -2.30. The topological polar surface area (TPSA) is 78.9 Å². The summed E-state index contributed by atoms with van der Waals surface area (Å²) in [6, 6.07) is 0. The van der Waals surface area contributed by atoms with Gasteiger partial charge in [-0.1, -0.05) is 258 Å². The third-order valence-electron chi connectivity index (χ3n) is 11.7. The minimum Gasteiger partial charge on any atom is -0.462 e. The minimum absolute atomic E-state index is 0.0942. The van der Waals surface area contributed by atoms with E-state index < -0.39 is 12.1 Å². The molecule has 0 aliphatic heterocycles. The van der Waals surface area contributed by atoms with E-state index in [0.29, 0.717) is 12.8 Å². The van der Waals surface area contributed by atoms with Gasteiger partial charge >= 0.3 is 17.9 Å². The van der Waals surface area contributed by atoms with E-state index in [2.05, 4.69) is 130 Å². The van der Waals surface area contributed by atoms with E-state index in [1.807, 2.05) is 6.08 Å². The van der Waals surface area contributed by atoms with Gasteiger partial charge in [0.1, 0.15) is 13.2 Å². The van der Waals surface area contributed by atoms with Crippen LogP contribution >= 0.6 is 0 Å². The number of allylic oxidation sites excluding steroid dienone is 19. The maximum absolute atomic E-state index is 12.8. The van der Waals surface area contributed by atoms with Crippen LogP contribution in [0.4, 0.5) is 0 Å². The Morgan fingerprint density at radius 3 is 0.943 bits per heavy atom. The zero-order chi connectivity index (χ0) is 50.7. The van der Waals surface area contributed by atoms with Crippen molar-refractivity contribution >= 4 is 17.9 Å². The molecule has 6 nitrogen and oxygen atoms in total. The molecule has 0 aromatic heterocycles. The molecule has 70 heavy (non-hydrogen) atoms. The Labute approximate surface area is 431 Å². The minimum atomic E-state index is -0.834. The summed E-state index contributed by atoms with van der Waals surface area (Å²) in [6.45, 7) is 6.31. The molecule has 0 amide bonds. The van der Waals surface area contributed by atoms with Gasteiger partial charge < -0.3 is 14.2 Å². The number of hydrogen-bond donors (Lipinski definition) is 0. The van der Waals surface area contributed by atoms with Crippen molar-refractivity contribution in [3.05, 3.63) is 122 Å². The van der Waals surface area contributed by atoms with Crippen LogP contribution in [0.1, 0.15) is 245 Å². The van der Waals surface area contributed by atoms with Crippen LogP contribution in [0.5, 0.6) is 0 Å². The number of rotatable bonds is 50. The molecule has 0 saturated heterocycles. The normalized spacial score (nSPS) is 13.0. The molecule has 0 aromatic carbocycles. The predicted molar refractivity (Wildman–Crippen MR) is 302 cm³/mol. The van der Waals surface area contributed by atoms with Crippen LogP contribution in [-0.2, 0) is 28.6 Å². The van der Waals surface area contributed by atoms with Crippen molar-refractivity contribution in [3.63, 3.8) is 0 Å². The van der Waals surface area contributed by atoms with Gasteiger partial charge in [-0.2, -0.15) is 0 Å². The number of unbranched alkanes of at least 4 members (excludes halogenated alkanes) is 20. The second kappa shape index (κ2) is 57.4. The maximum Gasteiger partial charge on any atom is 0.310 e. The summed E-state index contributed by atoms with van der Waals surface area (Å²) in [6.07, 6.45) is 79.4. The van der Waals surface area contributed by atoms with Crippen LogP contribution in [0.15, 0.2) is 122 Å². The van der Waals surface area contributed by atoms with Gasteiger partial charge in [0.05, 0.1) is 6.42 Å². The number of ether oxygens (including phenoxy) is 3. The van der Waals surface area contributed by atoms with Crippen LogP contribution in [0.2, 0.25) is 0 Å². The molecular weight excluding hydrogens is 865 g/mol. The zero-order valence-corrected chi connectivity index (χ0v) is 45.2. The molecule has 0 N–H and O–H groups in total. The number of carbonyl (C=O) groups is 3. The monoisotopic (exact) mass is 969 g/mol. The van der Waals surface area contributed by atoms with Gasteiger partial charge in [-0.05, 0) is 89.9 Å². The Bertz CT molecular complexity index is 1490. The highest BCUT2D eigenvalue weighted by Gasteiger charge is 2.19. The highest BCUT2D eigenvalue weighted by atomic mass is 16.6. The van der Waals surface area contributed by atoms with E-state index in [4.69, 9.17) is 14.2 Å². The van der Waals surface area contributed by atoms with Crippen LogP contribution in [0.3, 0.4) is 0 Å². The van der Waals surface area contributed by atoms with Crippen LogP contribution in [0.25, 0.3) is 0 Å². The third-order valence-corrected chi connectivity index (χ3v) is 11.7. The average molecular weight is 970 g/mol. The Morgan fingerprint density at radius 1 is 0.314 bits per heavy atom. The molecule has 0 aromatic rings. The van der Waals surface area contributed by atoms with E-state index in [0.717, 1.165) is 103 Å². The van der Waals surface area contributed by atoms with Crippen molar-refractivity contribution < 1.29 is 28.6 Å². The fraction of sp³-hybridized carbons (Fsp3) is 0.641. The number of carbonyl (C=O) groups excluding carboxylic acids is 3. The molecule has 396 valence electrons. The largest absolute Gasteiger partial charge is 0.462 e. The summed E-state index contributed by atoms with van der Waals surface area (Å²) < 4.78 is 16.7. The van der Waals surface area contributed by atoms with E-state index >= 15 is 0 Å². The fourth-order valence-corrected chi connectivity index (χ4v) is 7.54. The van der Waals surface area contributed by atoms with Crippen molar-refractivity contribution in [3.8, 4) is 0 Å². The zero-order valence-electron chi connectivity index (χ0n) is 45.2. The standard InChI is InChI=1S/C64H104O6/c1-4-7-10-13-16-19-22-24-26-27-28-29-30-31-32-33-34-35-36-37-39-40-42-45-48-51-54-57-63(66)69-60-61(59-68-62(65)56-53-50-47-44-21-18-15-12-9-6-3)70-64(67)58-55-52-49-46-43-41-38-25-23-20-17-14-11-8-5-2/h7-8,10-11,16-17,19-20,24-26,28-29,31-32,38,43,46,52,55,61H,4-6,9,12-15,18,21-23,27,30,33-37,39-42,44-45,47-51,53-54,56-60H2,1-3H3/b10-7-,11-8-,19-16-,20-17-,26-24-,29-28-,32-31-,38-25-,46-43-,55-52-. The molecule has 0 aliphatic carbocycles. The first-order chi connectivity index (χ1) is 34.5. The summed E-state index contributed by atoms with van der Waals surface area (Å²) in [4.78, 5) is 38.0. The van der Waals surface area contributed by atoms with Gasteiger partial charge in [-0.15, -0.1) is 0 Å². The van der Waals surface area contributed by atoms with Crippen molar-refractivity contribution in [2.45, 2.75) is 252 Å². The van der Waals surface area contributed by atoms with Crippen molar-refractivity contribution in [2.75, 3.05) is 13.2 Å². The third kappa shape index (κ3) is 54.7. The maximum atomic E-state index is 12.8. The summed E-state index contributed by atoms with van der Waals surface area (Å²) in [5, 5.41) is 0. The average Bonchev–Trinajstić information content (AvgIpc) is 3.36. The summed E-state index contributed by atoms with van der Waals surface area (Å²) in [5.74, 6) is -1.06. The number of hydrogen-bond acceptors (Lipinski definition) is 6. The van der Waals surface area contributed by atoms with E-state index in [9.17, 15) is 14.4 Å². The first kappa shape index (κ1) is 65.8. The molecule has 1 unspecified atom stereocenters. The molecule has 0 radical (unpaired) electrons. The van der Waals surface area contributed by atoms with Gasteiger partial charge in [0, 0.05) is 12.8 Å². The quantitative estimate of drug-likeness (QED) is 0.0262. The molecule has 0 aliphatic rings. The highest BCUT2D eigenvalue weighted by molar-refractivity contribution is 5.72. The second-order valence-corrected chi connectivity index (χ2v) is 18.5. The molecular formula is C64H104O6. The molecule has 6 heteroatoms. The molecule has 0 fully saturated rings. The number of esters is 3. The molecule has 0 spiro atoms. The van der Waals surface area contributed by atoms with Crippen molar-refractivity contribution in [1.29, 1.82) is 0 Å². The van der Waals surface area contributed by atoms with Crippen LogP contribution in [-0.4, -0.2) is 37.2 Å². The SMILES string of the molecule is CC/C=C\C/C=C\C/C=C\C/C=C\C/C=C\CCCCCCCCCCCCCC(=O)OCC(COC(=O)CCCCCCCCCCCC)OC(=O)C/C=C\C/C=C\C/C=C\C/C=C\C/C=C\CC. The molecule has 0 bridgehead atoms. The van der Waals surface area contributed by atoms with Gasteiger partial charge in [-0.25, -0.2) is 0 Å². The molecule has 0 heterocycles. The second-order valence-electron chi connectivity index (χ2n) is 18.5. The smallest absolute Gasteiger partial charge is 0.310 e. The van der Waals surface area contributed by atoms with Gasteiger partial charge in [-0.3, -0.25) is 14.4 Å². The van der Waals surface area contributed by atoms with E-state index in [1.165, 1.54) is 103 Å². The van der Waals surface area contributed by atoms with E-state index in [1.54, 1.807) is 6.08 Å². The van der Waals surface area contributed by atoms with E-state index in [-0.39, 0.29) is 31.6 Å². The lowest BCUT2D eigenvalue weighted by Gasteiger charge is -2.18. The first-order valence-electron chi connectivity index (χ1n) is 28.5. The molecule has 0 rings (SSSR count). The Hall–Kier alpha value is -4.19. The van der Waals surface area contributed by atoms with Gasteiger partial charge in [0.15, 0.2) is 6.10 Å². The highest BCUT2D eigenvalue weighted by Crippen LogP contribution is 2.15. The van der Waals surface area contributed by atoms with Crippen LogP contribution < -0.4 is 0 Å². The Kier molecular flexibility index (Phi) is 54.0. The predicted octanol–water partition coefficient (Wildman–Crippen LogP) is 19.3. The first-order valence-corrected chi connectivity index (χ1v) is 28.5. The van der Waals surface area contributed by atoms with Crippen LogP contribution in [0, 0.1) is 0 Å². The Balaban J connectivity index is 4.32. The Morgan fingerprint density at radius 2 is 0.600 bits per heavy atom. The summed E-state index contributed by atoms with van der Waals surface area (Å²) in [7, 11) is 0. The van der Waals surface area contributed by atoms with Gasteiger partial charge in [0.2, 0.25) is 0 Å².